The Morgan fingerprint density at radius 1 is 1.23 bits per heavy atom. The Hall–Kier alpha value is -2.46. The van der Waals surface area contributed by atoms with Crippen molar-refractivity contribution in [3.05, 3.63) is 57.2 Å². The molecule has 0 saturated carbocycles. The average Bonchev–Trinajstić information content (AvgIpc) is 3.56. The van der Waals surface area contributed by atoms with Crippen molar-refractivity contribution in [3.63, 3.8) is 0 Å². The summed E-state index contributed by atoms with van der Waals surface area (Å²) in [5.74, 6) is -0.227. The summed E-state index contributed by atoms with van der Waals surface area (Å²) < 4.78 is 5.42. The SMILES string of the molecule is CCCNC(=O)N(CCN1CCOCC1)CC(=O)N1N=C(c2cccs2)C[C@H]1c1ccccc1Cl. The summed E-state index contributed by atoms with van der Waals surface area (Å²) in [6.07, 6.45) is 1.40. The fourth-order valence-corrected chi connectivity index (χ4v) is 5.22. The minimum absolute atomic E-state index is 0.0535. The third-order valence-corrected chi connectivity index (χ3v) is 7.43. The number of carbonyl (C=O) groups is 2. The van der Waals surface area contributed by atoms with E-state index in [0.29, 0.717) is 44.3 Å². The Kier molecular flexibility index (Phi) is 9.14. The molecule has 2 aliphatic rings. The lowest BCUT2D eigenvalue weighted by Gasteiger charge is -2.31. The van der Waals surface area contributed by atoms with Crippen molar-refractivity contribution in [1.82, 2.24) is 20.1 Å². The van der Waals surface area contributed by atoms with Gasteiger partial charge in [-0.1, -0.05) is 42.8 Å². The zero-order valence-electron chi connectivity index (χ0n) is 20.0. The molecule has 1 N–H and O–H groups in total. The van der Waals surface area contributed by atoms with Crippen molar-refractivity contribution >= 4 is 40.6 Å². The fraction of sp³-hybridized carbons (Fsp3) is 0.480. The van der Waals surface area contributed by atoms with Crippen LogP contribution in [0.25, 0.3) is 0 Å². The van der Waals surface area contributed by atoms with Crippen LogP contribution in [0, 0.1) is 0 Å². The monoisotopic (exact) mass is 517 g/mol. The zero-order chi connectivity index (χ0) is 24.6. The normalized spacial score (nSPS) is 18.4. The maximum atomic E-state index is 13.6. The van der Waals surface area contributed by atoms with Crippen LogP contribution in [0.2, 0.25) is 5.02 Å². The van der Waals surface area contributed by atoms with Crippen LogP contribution in [0.4, 0.5) is 4.79 Å². The molecule has 1 saturated heterocycles. The largest absolute Gasteiger partial charge is 0.379 e. The Morgan fingerprint density at radius 3 is 2.74 bits per heavy atom. The third kappa shape index (κ3) is 6.61. The molecule has 188 valence electrons. The van der Waals surface area contributed by atoms with Gasteiger partial charge in [0.05, 0.1) is 29.8 Å². The van der Waals surface area contributed by atoms with E-state index in [9.17, 15) is 9.59 Å². The van der Waals surface area contributed by atoms with Crippen molar-refractivity contribution in [3.8, 4) is 0 Å². The molecule has 1 atom stereocenters. The number of thiophene rings is 1. The van der Waals surface area contributed by atoms with Gasteiger partial charge in [-0.15, -0.1) is 11.3 Å². The molecule has 2 aliphatic heterocycles. The summed E-state index contributed by atoms with van der Waals surface area (Å²) in [7, 11) is 0. The number of nitrogens with one attached hydrogen (secondary N) is 1. The second-order valence-electron chi connectivity index (χ2n) is 8.61. The first-order valence-electron chi connectivity index (χ1n) is 12.1. The molecule has 0 radical (unpaired) electrons. The van der Waals surface area contributed by atoms with E-state index in [0.717, 1.165) is 35.7 Å². The number of carbonyl (C=O) groups excluding carboxylic acids is 2. The molecule has 1 aromatic carbocycles. The van der Waals surface area contributed by atoms with E-state index in [-0.39, 0.29) is 24.5 Å². The highest BCUT2D eigenvalue weighted by Gasteiger charge is 2.35. The summed E-state index contributed by atoms with van der Waals surface area (Å²) in [6.45, 7) is 6.68. The van der Waals surface area contributed by atoms with Crippen molar-refractivity contribution in [2.75, 3.05) is 52.5 Å². The van der Waals surface area contributed by atoms with Crippen molar-refractivity contribution < 1.29 is 14.3 Å². The Bertz CT molecular complexity index is 1030. The molecule has 35 heavy (non-hydrogen) atoms. The highest BCUT2D eigenvalue weighted by molar-refractivity contribution is 7.12. The molecule has 0 spiro atoms. The number of benzene rings is 1. The predicted octanol–water partition coefficient (Wildman–Crippen LogP) is 3.83. The number of hydrazone groups is 1. The number of ether oxygens (including phenoxy) is 1. The van der Waals surface area contributed by atoms with E-state index in [4.69, 9.17) is 21.4 Å². The van der Waals surface area contributed by atoms with Gasteiger partial charge in [0.2, 0.25) is 0 Å². The molecule has 2 aromatic rings. The lowest BCUT2D eigenvalue weighted by atomic mass is 10.0. The molecule has 0 bridgehead atoms. The Morgan fingerprint density at radius 2 is 2.03 bits per heavy atom. The molecule has 0 aliphatic carbocycles. The molecular weight excluding hydrogens is 486 g/mol. The van der Waals surface area contributed by atoms with Crippen LogP contribution in [-0.2, 0) is 9.53 Å². The molecule has 4 rings (SSSR count). The van der Waals surface area contributed by atoms with Crippen molar-refractivity contribution in [1.29, 1.82) is 0 Å². The van der Waals surface area contributed by atoms with Gasteiger partial charge in [-0.25, -0.2) is 9.80 Å². The van der Waals surface area contributed by atoms with Crippen molar-refractivity contribution in [2.45, 2.75) is 25.8 Å². The van der Waals surface area contributed by atoms with E-state index < -0.39 is 0 Å². The number of urea groups is 1. The minimum Gasteiger partial charge on any atom is -0.379 e. The van der Waals surface area contributed by atoms with E-state index in [2.05, 4.69) is 10.2 Å². The Labute approximate surface area is 215 Å². The second-order valence-corrected chi connectivity index (χ2v) is 9.97. The van der Waals surface area contributed by atoms with E-state index in [1.54, 1.807) is 16.2 Å². The van der Waals surface area contributed by atoms with Gasteiger partial charge in [0.1, 0.15) is 6.54 Å². The lowest BCUT2D eigenvalue weighted by molar-refractivity contribution is -0.133. The van der Waals surface area contributed by atoms with E-state index in [1.165, 1.54) is 5.01 Å². The first kappa shape index (κ1) is 25.6. The first-order chi connectivity index (χ1) is 17.1. The number of amides is 3. The Balaban J connectivity index is 1.52. The fourth-order valence-electron chi connectivity index (χ4n) is 4.24. The number of rotatable bonds is 9. The van der Waals surface area contributed by atoms with Crippen LogP contribution in [0.5, 0.6) is 0 Å². The molecule has 8 nitrogen and oxygen atoms in total. The topological polar surface area (TPSA) is 77.5 Å². The van der Waals surface area contributed by atoms with Crippen LogP contribution >= 0.6 is 22.9 Å². The van der Waals surface area contributed by atoms with Gasteiger partial charge >= 0.3 is 6.03 Å². The lowest BCUT2D eigenvalue weighted by Crippen LogP contribution is -2.49. The predicted molar refractivity (Wildman–Crippen MR) is 139 cm³/mol. The maximum absolute atomic E-state index is 13.6. The van der Waals surface area contributed by atoms with Crippen LogP contribution in [0.1, 0.15) is 36.2 Å². The maximum Gasteiger partial charge on any atom is 0.317 e. The number of hydrogen-bond acceptors (Lipinski definition) is 6. The molecule has 3 amide bonds. The summed E-state index contributed by atoms with van der Waals surface area (Å²) in [4.78, 5) is 31.4. The van der Waals surface area contributed by atoms with E-state index >= 15 is 0 Å². The molecule has 10 heteroatoms. The van der Waals surface area contributed by atoms with Crippen LogP contribution in [0.15, 0.2) is 46.9 Å². The van der Waals surface area contributed by atoms with Gasteiger partial charge in [0, 0.05) is 44.2 Å². The van der Waals surface area contributed by atoms with Gasteiger partial charge in [0.15, 0.2) is 0 Å². The first-order valence-corrected chi connectivity index (χ1v) is 13.3. The second kappa shape index (κ2) is 12.5. The summed E-state index contributed by atoms with van der Waals surface area (Å²) in [5.41, 5.74) is 1.71. The van der Waals surface area contributed by atoms with Crippen LogP contribution in [0.3, 0.4) is 0 Å². The highest BCUT2D eigenvalue weighted by atomic mass is 35.5. The number of morpholine rings is 1. The molecule has 3 heterocycles. The summed E-state index contributed by atoms with van der Waals surface area (Å²) >= 11 is 8.11. The smallest absolute Gasteiger partial charge is 0.317 e. The van der Waals surface area contributed by atoms with Gasteiger partial charge in [-0.3, -0.25) is 9.69 Å². The summed E-state index contributed by atoms with van der Waals surface area (Å²) in [5, 5.41) is 11.8. The molecule has 1 fully saturated rings. The zero-order valence-corrected chi connectivity index (χ0v) is 21.6. The van der Waals surface area contributed by atoms with Gasteiger partial charge in [-0.05, 0) is 29.5 Å². The van der Waals surface area contributed by atoms with Crippen LogP contribution in [-0.4, -0.2) is 84.9 Å². The van der Waals surface area contributed by atoms with Gasteiger partial charge in [0.25, 0.3) is 5.91 Å². The number of hydrogen-bond donors (Lipinski definition) is 1. The highest BCUT2D eigenvalue weighted by Crippen LogP contribution is 2.37. The standard InChI is InChI=1S/C25H32ClN5O3S/c1-2-9-27-25(33)30(11-10-29-12-14-34-15-13-29)18-24(32)31-22(19-6-3-4-7-20(19)26)17-21(28-31)23-8-5-16-35-23/h3-8,16,22H,2,9-15,17-18H2,1H3,(H,27,33)/t22-/m0/s1. The molecule has 1 aromatic heterocycles. The average molecular weight is 518 g/mol. The molecular formula is C25H32ClN5O3S. The van der Waals surface area contributed by atoms with Gasteiger partial charge in [-0.2, -0.15) is 5.10 Å². The number of nitrogens with zero attached hydrogens (tertiary/aromatic N) is 4. The van der Waals surface area contributed by atoms with Crippen molar-refractivity contribution in [2.24, 2.45) is 5.10 Å². The molecule has 0 unspecified atom stereocenters. The van der Waals surface area contributed by atoms with Crippen LogP contribution < -0.4 is 5.32 Å². The van der Waals surface area contributed by atoms with Gasteiger partial charge < -0.3 is 15.0 Å². The minimum atomic E-state index is -0.312. The number of halogens is 1. The van der Waals surface area contributed by atoms with E-state index in [1.807, 2.05) is 48.7 Å². The summed E-state index contributed by atoms with van der Waals surface area (Å²) in [6, 6.07) is 11.0. The third-order valence-electron chi connectivity index (χ3n) is 6.17. The quantitative estimate of drug-likeness (QED) is 0.548.